The van der Waals surface area contributed by atoms with Gasteiger partial charge in [-0.15, -0.1) is 0 Å². The number of anilines is 1. The Morgan fingerprint density at radius 2 is 1.33 bits per heavy atom. The third kappa shape index (κ3) is 3.83. The number of carbonyl (C=O) groups excluding carboxylic acids is 1. The molecule has 2 aromatic rings. The van der Waals surface area contributed by atoms with Gasteiger partial charge in [0, 0.05) is 30.9 Å². The van der Waals surface area contributed by atoms with Crippen molar-refractivity contribution in [3.05, 3.63) is 76.9 Å². The Hall–Kier alpha value is -2.61. The minimum absolute atomic E-state index is 0.196. The molecule has 1 aliphatic carbocycles. The quantitative estimate of drug-likeness (QED) is 0.745. The molecule has 0 unspecified atom stereocenters. The number of ketones is 1. The molecule has 0 amide bonds. The normalized spacial score (nSPS) is 18.2. The summed E-state index contributed by atoms with van der Waals surface area (Å²) >= 11 is 0. The van der Waals surface area contributed by atoms with Crippen molar-refractivity contribution in [2.45, 2.75) is 19.3 Å². The smallest absolute Gasteiger partial charge is 0.185 e. The molecule has 0 spiro atoms. The minimum Gasteiger partial charge on any atom is -0.378 e. The highest BCUT2D eigenvalue weighted by Crippen LogP contribution is 2.28. The Morgan fingerprint density at radius 1 is 0.792 bits per heavy atom. The highest BCUT2D eigenvalue weighted by atomic mass is 16.1. The predicted octanol–water partition coefficient (Wildman–Crippen LogP) is 4.97. The van der Waals surface area contributed by atoms with Gasteiger partial charge in [-0.1, -0.05) is 42.5 Å². The molecule has 0 N–H and O–H groups in total. The first kappa shape index (κ1) is 16.3. The number of hydrogen-bond donors (Lipinski definition) is 0. The van der Waals surface area contributed by atoms with Crippen LogP contribution in [0.4, 0.5) is 5.69 Å². The van der Waals surface area contributed by atoms with Gasteiger partial charge in [0.1, 0.15) is 0 Å². The number of carbonyl (C=O) groups is 1. The molecule has 1 fully saturated rings. The summed E-state index contributed by atoms with van der Waals surface area (Å²) in [5.41, 5.74) is 5.18. The van der Waals surface area contributed by atoms with Crippen molar-refractivity contribution in [2.75, 3.05) is 19.0 Å². The van der Waals surface area contributed by atoms with Gasteiger partial charge < -0.3 is 4.90 Å². The second-order valence-corrected chi connectivity index (χ2v) is 6.42. The molecule has 122 valence electrons. The average Bonchev–Trinajstić information content (AvgIpc) is 2.60. The number of allylic oxidation sites excluding steroid dienone is 2. The van der Waals surface area contributed by atoms with Crippen LogP contribution < -0.4 is 4.90 Å². The van der Waals surface area contributed by atoms with Crippen LogP contribution in [0.25, 0.3) is 12.2 Å². The van der Waals surface area contributed by atoms with Crippen LogP contribution in [-0.2, 0) is 4.79 Å². The van der Waals surface area contributed by atoms with E-state index in [-0.39, 0.29) is 5.78 Å². The molecule has 1 saturated carbocycles. The highest BCUT2D eigenvalue weighted by molar-refractivity contribution is 6.13. The third-order valence-corrected chi connectivity index (χ3v) is 4.37. The molecular weight excluding hydrogens is 294 g/mol. The van der Waals surface area contributed by atoms with E-state index in [1.54, 1.807) is 0 Å². The number of nitrogens with zero attached hydrogens (tertiary/aromatic N) is 1. The molecule has 2 heteroatoms. The largest absolute Gasteiger partial charge is 0.378 e. The molecule has 1 aliphatic rings. The molecule has 0 saturated heterocycles. The van der Waals surface area contributed by atoms with Crippen LogP contribution in [0.15, 0.2) is 65.7 Å². The standard InChI is InChI=1S/C22H23NO/c1-23(2)21-13-11-18(12-14-21)16-20-10-6-9-19(22(20)24)15-17-7-4-3-5-8-17/h3-5,7-8,11-16H,6,9-10H2,1-2H3/b19-15+,20-16+. The first-order chi connectivity index (χ1) is 11.6. The lowest BCUT2D eigenvalue weighted by Gasteiger charge is -2.17. The van der Waals surface area contributed by atoms with E-state index in [1.807, 2.05) is 56.6 Å². The predicted molar refractivity (Wildman–Crippen MR) is 102 cm³/mol. The van der Waals surface area contributed by atoms with E-state index in [9.17, 15) is 4.79 Å². The van der Waals surface area contributed by atoms with Gasteiger partial charge in [-0.25, -0.2) is 0 Å². The second kappa shape index (κ2) is 7.31. The average molecular weight is 317 g/mol. The fraction of sp³-hybridized carbons (Fsp3) is 0.227. The van der Waals surface area contributed by atoms with E-state index in [0.29, 0.717) is 0 Å². The Morgan fingerprint density at radius 3 is 1.88 bits per heavy atom. The van der Waals surface area contributed by atoms with E-state index in [0.717, 1.165) is 47.2 Å². The zero-order chi connectivity index (χ0) is 16.9. The Labute approximate surface area is 144 Å². The number of hydrogen-bond acceptors (Lipinski definition) is 2. The first-order valence-electron chi connectivity index (χ1n) is 8.42. The molecule has 3 rings (SSSR count). The Kier molecular flexibility index (Phi) is 4.95. The fourth-order valence-electron chi connectivity index (χ4n) is 3.00. The van der Waals surface area contributed by atoms with Crippen LogP contribution in [0.5, 0.6) is 0 Å². The first-order valence-corrected chi connectivity index (χ1v) is 8.42. The van der Waals surface area contributed by atoms with E-state index in [2.05, 4.69) is 29.2 Å². The van der Waals surface area contributed by atoms with Gasteiger partial charge in [0.15, 0.2) is 5.78 Å². The number of rotatable bonds is 3. The lowest BCUT2D eigenvalue weighted by molar-refractivity contribution is -0.112. The second-order valence-electron chi connectivity index (χ2n) is 6.42. The fourth-order valence-corrected chi connectivity index (χ4v) is 3.00. The van der Waals surface area contributed by atoms with Crippen molar-refractivity contribution in [1.29, 1.82) is 0 Å². The highest BCUT2D eigenvalue weighted by Gasteiger charge is 2.20. The molecule has 0 bridgehead atoms. The topological polar surface area (TPSA) is 20.3 Å². The van der Waals surface area contributed by atoms with Gasteiger partial charge in [-0.2, -0.15) is 0 Å². The summed E-state index contributed by atoms with van der Waals surface area (Å²) < 4.78 is 0. The number of benzene rings is 2. The van der Waals surface area contributed by atoms with Crippen LogP contribution in [0.1, 0.15) is 30.4 Å². The summed E-state index contributed by atoms with van der Waals surface area (Å²) in [7, 11) is 4.05. The van der Waals surface area contributed by atoms with Crippen molar-refractivity contribution < 1.29 is 4.79 Å². The molecule has 24 heavy (non-hydrogen) atoms. The van der Waals surface area contributed by atoms with Crippen LogP contribution in [0, 0.1) is 0 Å². The van der Waals surface area contributed by atoms with E-state index in [1.165, 1.54) is 0 Å². The molecule has 2 aromatic carbocycles. The molecule has 0 aromatic heterocycles. The molecule has 0 radical (unpaired) electrons. The Bertz CT molecular complexity index is 767. The number of Topliss-reactive ketones (excluding diaryl/α,β-unsaturated/α-hetero) is 1. The maximum absolute atomic E-state index is 12.8. The summed E-state index contributed by atoms with van der Waals surface area (Å²) in [5, 5.41) is 0. The molecule has 0 heterocycles. The van der Waals surface area contributed by atoms with Gasteiger partial charge in [0.25, 0.3) is 0 Å². The summed E-state index contributed by atoms with van der Waals surface area (Å²) in [6.07, 6.45) is 6.83. The lowest BCUT2D eigenvalue weighted by atomic mass is 9.87. The van der Waals surface area contributed by atoms with Gasteiger partial charge in [0.05, 0.1) is 0 Å². The molecular formula is C22H23NO. The van der Waals surface area contributed by atoms with Crippen molar-refractivity contribution in [3.63, 3.8) is 0 Å². The minimum atomic E-state index is 0.196. The van der Waals surface area contributed by atoms with E-state index < -0.39 is 0 Å². The van der Waals surface area contributed by atoms with E-state index >= 15 is 0 Å². The van der Waals surface area contributed by atoms with Crippen LogP contribution in [-0.4, -0.2) is 19.9 Å². The summed E-state index contributed by atoms with van der Waals surface area (Å²) in [5.74, 6) is 0.196. The lowest BCUT2D eigenvalue weighted by Crippen LogP contribution is -2.12. The zero-order valence-electron chi connectivity index (χ0n) is 14.3. The van der Waals surface area contributed by atoms with Gasteiger partial charge in [-0.3, -0.25) is 4.79 Å². The van der Waals surface area contributed by atoms with Crippen molar-refractivity contribution in [2.24, 2.45) is 0 Å². The molecule has 0 atom stereocenters. The molecule has 0 aliphatic heterocycles. The summed E-state index contributed by atoms with van der Waals surface area (Å²) in [6.45, 7) is 0. The molecule has 2 nitrogen and oxygen atoms in total. The van der Waals surface area contributed by atoms with Crippen LogP contribution in [0.3, 0.4) is 0 Å². The van der Waals surface area contributed by atoms with Crippen molar-refractivity contribution >= 4 is 23.6 Å². The summed E-state index contributed by atoms with van der Waals surface area (Å²) in [4.78, 5) is 14.8. The van der Waals surface area contributed by atoms with Crippen molar-refractivity contribution in [1.82, 2.24) is 0 Å². The van der Waals surface area contributed by atoms with E-state index in [4.69, 9.17) is 0 Å². The van der Waals surface area contributed by atoms with Crippen LogP contribution >= 0.6 is 0 Å². The van der Waals surface area contributed by atoms with Crippen LogP contribution in [0.2, 0.25) is 0 Å². The SMILES string of the molecule is CN(C)c1ccc(/C=C2\CCC/C(=C\c3ccccc3)C2=O)cc1. The maximum Gasteiger partial charge on any atom is 0.185 e. The monoisotopic (exact) mass is 317 g/mol. The zero-order valence-corrected chi connectivity index (χ0v) is 14.3. The van der Waals surface area contributed by atoms with Gasteiger partial charge >= 0.3 is 0 Å². The summed E-state index contributed by atoms with van der Waals surface area (Å²) in [6, 6.07) is 18.4. The maximum atomic E-state index is 12.8. The third-order valence-electron chi connectivity index (χ3n) is 4.37. The van der Waals surface area contributed by atoms with Gasteiger partial charge in [0.2, 0.25) is 0 Å². The Balaban J connectivity index is 1.83. The van der Waals surface area contributed by atoms with Gasteiger partial charge in [-0.05, 0) is 54.7 Å². The van der Waals surface area contributed by atoms with Crippen molar-refractivity contribution in [3.8, 4) is 0 Å².